The van der Waals surface area contributed by atoms with Crippen LogP contribution >= 0.6 is 11.6 Å². The summed E-state index contributed by atoms with van der Waals surface area (Å²) in [5.74, 6) is -1.61. The van der Waals surface area contributed by atoms with Gasteiger partial charge in [-0.1, -0.05) is 11.6 Å². The topological polar surface area (TPSA) is 37.3 Å². The summed E-state index contributed by atoms with van der Waals surface area (Å²) >= 11 is 5.35. The van der Waals surface area contributed by atoms with Crippen LogP contribution in [0.3, 0.4) is 0 Å². The van der Waals surface area contributed by atoms with Crippen LogP contribution < -0.4 is 0 Å². The lowest BCUT2D eigenvalue weighted by Crippen LogP contribution is -2.12. The van der Waals surface area contributed by atoms with E-state index in [-0.39, 0.29) is 0 Å². The second-order valence-electron chi connectivity index (χ2n) is 2.87. The quantitative estimate of drug-likeness (QED) is 0.763. The third-order valence-electron chi connectivity index (χ3n) is 1.77. The predicted molar refractivity (Wildman–Crippen MR) is 48.1 cm³/mol. The fraction of sp³-hybridized carbons (Fsp3) is 0.222. The molecule has 0 fully saturated rings. The Hall–Kier alpha value is -1.23. The van der Waals surface area contributed by atoms with E-state index in [0.29, 0.717) is 0 Å². The van der Waals surface area contributed by atoms with Gasteiger partial charge in [-0.2, -0.15) is 13.2 Å². The maximum atomic E-state index is 12.5. The van der Waals surface area contributed by atoms with Gasteiger partial charge in [0.15, 0.2) is 5.78 Å². The van der Waals surface area contributed by atoms with Crippen LogP contribution in [-0.4, -0.2) is 10.9 Å². The Bertz CT molecular complexity index is 413. The summed E-state index contributed by atoms with van der Waals surface area (Å²) in [5.41, 5.74) is -2.09. The maximum absolute atomic E-state index is 12.5. The second-order valence-corrected chi connectivity index (χ2v) is 3.28. The van der Waals surface area contributed by atoms with E-state index in [1.165, 1.54) is 0 Å². The number of carbonyl (C=O) groups is 1. The Morgan fingerprint density at radius 2 is 1.93 bits per heavy atom. The van der Waals surface area contributed by atoms with Crippen molar-refractivity contribution in [1.82, 2.24) is 0 Å². The standard InChI is InChI=1S/C9H6ClF3O2/c1-4(14)7-6(15)3-2-5(10)8(7)9(11,12)13/h2-3,15H,1H3. The summed E-state index contributed by atoms with van der Waals surface area (Å²) in [6.07, 6.45) is -4.77. The van der Waals surface area contributed by atoms with Gasteiger partial charge in [0.2, 0.25) is 0 Å². The Morgan fingerprint density at radius 1 is 1.40 bits per heavy atom. The summed E-state index contributed by atoms with van der Waals surface area (Å²) < 4.78 is 37.5. The van der Waals surface area contributed by atoms with E-state index in [1.807, 2.05) is 0 Å². The molecule has 1 aromatic carbocycles. The molecular weight excluding hydrogens is 233 g/mol. The summed E-state index contributed by atoms with van der Waals surface area (Å²) in [5, 5.41) is 8.56. The van der Waals surface area contributed by atoms with Crippen LogP contribution in [0.15, 0.2) is 12.1 Å². The summed E-state index contributed by atoms with van der Waals surface area (Å²) in [6.45, 7) is 0.931. The van der Waals surface area contributed by atoms with E-state index in [0.717, 1.165) is 19.1 Å². The lowest BCUT2D eigenvalue weighted by Gasteiger charge is -2.13. The van der Waals surface area contributed by atoms with Crippen molar-refractivity contribution in [3.8, 4) is 5.75 Å². The number of halogens is 4. The highest BCUT2D eigenvalue weighted by Crippen LogP contribution is 2.40. The number of Topliss-reactive ketones (excluding diaryl/α,β-unsaturated/α-hetero) is 1. The molecule has 0 unspecified atom stereocenters. The summed E-state index contributed by atoms with van der Waals surface area (Å²) in [7, 11) is 0. The van der Waals surface area contributed by atoms with Gasteiger partial charge >= 0.3 is 6.18 Å². The SMILES string of the molecule is CC(=O)c1c(O)ccc(Cl)c1C(F)(F)F. The zero-order valence-electron chi connectivity index (χ0n) is 7.52. The molecule has 0 aliphatic heterocycles. The lowest BCUT2D eigenvalue weighted by molar-refractivity contribution is -0.137. The molecule has 0 spiro atoms. The van der Waals surface area contributed by atoms with Crippen LogP contribution in [0.25, 0.3) is 0 Å². The highest BCUT2D eigenvalue weighted by atomic mass is 35.5. The van der Waals surface area contributed by atoms with Crippen molar-refractivity contribution in [1.29, 1.82) is 0 Å². The molecule has 0 heterocycles. The molecule has 0 radical (unpaired) electrons. The van der Waals surface area contributed by atoms with Crippen molar-refractivity contribution in [2.24, 2.45) is 0 Å². The molecule has 0 aliphatic carbocycles. The molecule has 1 rings (SSSR count). The van der Waals surface area contributed by atoms with E-state index in [1.54, 1.807) is 0 Å². The molecule has 0 amide bonds. The number of benzene rings is 1. The number of hydrogen-bond acceptors (Lipinski definition) is 2. The minimum Gasteiger partial charge on any atom is -0.507 e. The first-order chi connectivity index (χ1) is 6.75. The summed E-state index contributed by atoms with van der Waals surface area (Å²) in [6, 6.07) is 1.85. The highest BCUT2D eigenvalue weighted by molar-refractivity contribution is 6.32. The van der Waals surface area contributed by atoms with Gasteiger partial charge in [-0.3, -0.25) is 4.79 Å². The Morgan fingerprint density at radius 3 is 2.27 bits per heavy atom. The van der Waals surface area contributed by atoms with Crippen LogP contribution in [-0.2, 0) is 6.18 Å². The van der Waals surface area contributed by atoms with Gasteiger partial charge < -0.3 is 5.11 Å². The molecule has 15 heavy (non-hydrogen) atoms. The van der Waals surface area contributed by atoms with Crippen molar-refractivity contribution in [2.75, 3.05) is 0 Å². The first-order valence-corrected chi connectivity index (χ1v) is 4.22. The second kappa shape index (κ2) is 3.73. The minimum absolute atomic E-state index is 0.606. The molecule has 6 heteroatoms. The van der Waals surface area contributed by atoms with Gasteiger partial charge in [0.1, 0.15) is 5.75 Å². The molecule has 1 aromatic rings. The average Bonchev–Trinajstić information content (AvgIpc) is 2.05. The van der Waals surface area contributed by atoms with Crippen molar-refractivity contribution in [2.45, 2.75) is 13.1 Å². The molecule has 82 valence electrons. The number of phenolic OH excluding ortho intramolecular Hbond substituents is 1. The van der Waals surface area contributed by atoms with E-state index >= 15 is 0 Å². The molecule has 0 bridgehead atoms. The van der Waals surface area contributed by atoms with Crippen molar-refractivity contribution in [3.63, 3.8) is 0 Å². The van der Waals surface area contributed by atoms with E-state index in [4.69, 9.17) is 11.6 Å². The fourth-order valence-corrected chi connectivity index (χ4v) is 1.46. The van der Waals surface area contributed by atoms with Gasteiger partial charge in [0, 0.05) is 0 Å². The Labute approximate surface area is 88.3 Å². The third-order valence-corrected chi connectivity index (χ3v) is 2.08. The average molecular weight is 239 g/mol. The fourth-order valence-electron chi connectivity index (χ4n) is 1.20. The van der Waals surface area contributed by atoms with Gasteiger partial charge in [0.05, 0.1) is 16.1 Å². The van der Waals surface area contributed by atoms with Crippen molar-refractivity contribution in [3.05, 3.63) is 28.3 Å². The molecule has 0 atom stereocenters. The van der Waals surface area contributed by atoms with Crippen LogP contribution in [0.5, 0.6) is 5.75 Å². The third kappa shape index (κ3) is 2.23. The molecule has 0 saturated heterocycles. The molecule has 2 nitrogen and oxygen atoms in total. The van der Waals surface area contributed by atoms with Gasteiger partial charge in [-0.15, -0.1) is 0 Å². The Balaban J connectivity index is 3.60. The largest absolute Gasteiger partial charge is 0.507 e. The number of hydrogen-bond donors (Lipinski definition) is 1. The smallest absolute Gasteiger partial charge is 0.418 e. The molecular formula is C9H6ClF3O2. The lowest BCUT2D eigenvalue weighted by atomic mass is 10.0. The van der Waals surface area contributed by atoms with Gasteiger partial charge in [-0.25, -0.2) is 0 Å². The first-order valence-electron chi connectivity index (χ1n) is 3.84. The number of rotatable bonds is 1. The van der Waals surface area contributed by atoms with Crippen LogP contribution in [0.1, 0.15) is 22.8 Å². The molecule has 0 aromatic heterocycles. The Kier molecular flexibility index (Phi) is 2.95. The van der Waals surface area contributed by atoms with Gasteiger partial charge in [-0.05, 0) is 19.1 Å². The van der Waals surface area contributed by atoms with Crippen LogP contribution in [0.4, 0.5) is 13.2 Å². The van der Waals surface area contributed by atoms with E-state index in [9.17, 15) is 23.1 Å². The summed E-state index contributed by atoms with van der Waals surface area (Å²) in [4.78, 5) is 11.0. The highest BCUT2D eigenvalue weighted by Gasteiger charge is 2.38. The zero-order valence-corrected chi connectivity index (χ0v) is 8.28. The van der Waals surface area contributed by atoms with Crippen LogP contribution in [0, 0.1) is 0 Å². The molecule has 0 saturated carbocycles. The zero-order chi connectivity index (χ0) is 11.8. The van der Waals surface area contributed by atoms with E-state index in [2.05, 4.69) is 0 Å². The predicted octanol–water partition coefficient (Wildman–Crippen LogP) is 3.27. The van der Waals surface area contributed by atoms with Crippen molar-refractivity contribution >= 4 is 17.4 Å². The number of aromatic hydroxyl groups is 1. The van der Waals surface area contributed by atoms with Crippen molar-refractivity contribution < 1.29 is 23.1 Å². The maximum Gasteiger partial charge on any atom is 0.418 e. The number of carbonyl (C=O) groups excluding carboxylic acids is 1. The normalized spacial score (nSPS) is 11.5. The monoisotopic (exact) mass is 238 g/mol. The number of ketones is 1. The molecule has 0 aliphatic rings. The number of phenols is 1. The van der Waals surface area contributed by atoms with E-state index < -0.39 is 33.9 Å². The minimum atomic E-state index is -4.77. The first kappa shape index (κ1) is 11.8. The van der Waals surface area contributed by atoms with Gasteiger partial charge in [0.25, 0.3) is 0 Å². The molecule has 1 N–H and O–H groups in total. The number of alkyl halides is 3. The van der Waals surface area contributed by atoms with Crippen LogP contribution in [0.2, 0.25) is 5.02 Å².